The van der Waals surface area contributed by atoms with E-state index in [1.165, 1.54) is 0 Å². The first-order valence-corrected chi connectivity index (χ1v) is 6.77. The molecule has 0 saturated heterocycles. The summed E-state index contributed by atoms with van der Waals surface area (Å²) in [5, 5.41) is 0. The van der Waals surface area contributed by atoms with Crippen LogP contribution >= 0.6 is 0 Å². The molecule has 0 bridgehead atoms. The van der Waals surface area contributed by atoms with Gasteiger partial charge in [-0.25, -0.2) is 5.84 Å². The summed E-state index contributed by atoms with van der Waals surface area (Å²) in [7, 11) is 0. The Kier molecular flexibility index (Phi) is 8.17. The highest BCUT2D eigenvalue weighted by molar-refractivity contribution is 5.81. The molecule has 17 heavy (non-hydrogen) atoms. The van der Waals surface area contributed by atoms with Crippen LogP contribution in [0.4, 0.5) is 0 Å². The van der Waals surface area contributed by atoms with Gasteiger partial charge in [-0.15, -0.1) is 0 Å². The molecule has 0 aliphatic rings. The van der Waals surface area contributed by atoms with Crippen LogP contribution in [0.25, 0.3) is 0 Å². The first-order valence-electron chi connectivity index (χ1n) is 6.77. The van der Waals surface area contributed by atoms with Crippen molar-refractivity contribution in [1.29, 1.82) is 0 Å². The molecule has 1 unspecified atom stereocenters. The summed E-state index contributed by atoms with van der Waals surface area (Å²) in [6.07, 6.45) is 2.93. The first kappa shape index (κ1) is 16.4. The summed E-state index contributed by atoms with van der Waals surface area (Å²) in [5.74, 6) is 5.76. The molecule has 4 heteroatoms. The predicted octanol–water partition coefficient (Wildman–Crippen LogP) is 1.90. The van der Waals surface area contributed by atoms with Crippen molar-refractivity contribution in [3.05, 3.63) is 0 Å². The molecule has 0 aromatic carbocycles. The minimum atomic E-state index is -0.104. The van der Waals surface area contributed by atoms with E-state index in [0.29, 0.717) is 12.0 Å². The Morgan fingerprint density at radius 1 is 1.18 bits per heavy atom. The molecule has 0 aliphatic carbocycles. The van der Waals surface area contributed by atoms with Gasteiger partial charge >= 0.3 is 0 Å². The van der Waals surface area contributed by atoms with E-state index in [-0.39, 0.29) is 11.9 Å². The van der Waals surface area contributed by atoms with E-state index >= 15 is 0 Å². The van der Waals surface area contributed by atoms with E-state index in [0.717, 1.165) is 25.8 Å². The normalized spacial score (nSPS) is 13.5. The molecular weight excluding hydrogens is 214 g/mol. The standard InChI is InChI=1S/C13H29N3O/c1-6-11(7-2)16(9-10(4)5)12(8-3)13(17)15-14/h10-12H,6-9,14H2,1-5H3,(H,15,17). The number of rotatable bonds is 8. The van der Waals surface area contributed by atoms with Gasteiger partial charge in [-0.3, -0.25) is 15.1 Å². The third-order valence-electron chi connectivity index (χ3n) is 3.22. The lowest BCUT2D eigenvalue weighted by molar-refractivity contribution is -0.128. The first-order chi connectivity index (χ1) is 8.01. The third-order valence-corrected chi connectivity index (χ3v) is 3.22. The highest BCUT2D eigenvalue weighted by Crippen LogP contribution is 2.17. The molecule has 4 nitrogen and oxygen atoms in total. The van der Waals surface area contributed by atoms with Gasteiger partial charge < -0.3 is 0 Å². The molecule has 0 aromatic rings. The Bertz CT molecular complexity index is 215. The fraction of sp³-hybridized carbons (Fsp3) is 0.923. The van der Waals surface area contributed by atoms with Crippen molar-refractivity contribution in [3.63, 3.8) is 0 Å². The minimum absolute atomic E-state index is 0.0694. The number of hydrogen-bond acceptors (Lipinski definition) is 3. The Morgan fingerprint density at radius 2 is 1.71 bits per heavy atom. The van der Waals surface area contributed by atoms with Crippen LogP contribution in [0.1, 0.15) is 53.9 Å². The zero-order valence-corrected chi connectivity index (χ0v) is 12.0. The maximum absolute atomic E-state index is 11.8. The van der Waals surface area contributed by atoms with Gasteiger partial charge in [0.1, 0.15) is 0 Å². The van der Waals surface area contributed by atoms with Crippen LogP contribution < -0.4 is 11.3 Å². The molecule has 1 atom stereocenters. The lowest BCUT2D eigenvalue weighted by Gasteiger charge is -2.37. The van der Waals surface area contributed by atoms with Gasteiger partial charge in [0.05, 0.1) is 6.04 Å². The van der Waals surface area contributed by atoms with Crippen LogP contribution in [0.3, 0.4) is 0 Å². The van der Waals surface area contributed by atoms with Crippen LogP contribution in [-0.4, -0.2) is 29.4 Å². The van der Waals surface area contributed by atoms with Crippen molar-refractivity contribution in [2.75, 3.05) is 6.54 Å². The quantitative estimate of drug-likeness (QED) is 0.389. The van der Waals surface area contributed by atoms with Crippen molar-refractivity contribution in [1.82, 2.24) is 10.3 Å². The fourth-order valence-electron chi connectivity index (χ4n) is 2.38. The lowest BCUT2D eigenvalue weighted by Crippen LogP contribution is -2.53. The van der Waals surface area contributed by atoms with Crippen molar-refractivity contribution >= 4 is 5.91 Å². The predicted molar refractivity (Wildman–Crippen MR) is 72.3 cm³/mol. The number of carbonyl (C=O) groups excluding carboxylic acids is 1. The lowest BCUT2D eigenvalue weighted by atomic mass is 10.0. The number of hydrazine groups is 1. The molecule has 0 radical (unpaired) electrons. The Balaban J connectivity index is 4.90. The molecule has 0 saturated carbocycles. The van der Waals surface area contributed by atoms with Gasteiger partial charge in [0.15, 0.2) is 0 Å². The van der Waals surface area contributed by atoms with Crippen molar-refractivity contribution in [2.24, 2.45) is 11.8 Å². The van der Waals surface area contributed by atoms with Crippen LogP contribution in [0.5, 0.6) is 0 Å². The average molecular weight is 243 g/mol. The van der Waals surface area contributed by atoms with Crippen LogP contribution in [0, 0.1) is 5.92 Å². The summed E-state index contributed by atoms with van der Waals surface area (Å²) in [6.45, 7) is 11.7. The fourth-order valence-corrected chi connectivity index (χ4v) is 2.38. The smallest absolute Gasteiger partial charge is 0.251 e. The summed E-state index contributed by atoms with van der Waals surface area (Å²) < 4.78 is 0. The van der Waals surface area contributed by atoms with E-state index in [9.17, 15) is 4.79 Å². The molecule has 0 aliphatic heterocycles. The SMILES string of the molecule is CCC(CC)N(CC(C)C)C(CC)C(=O)NN. The van der Waals surface area contributed by atoms with Crippen LogP contribution in [0.2, 0.25) is 0 Å². The molecule has 3 N–H and O–H groups in total. The average Bonchev–Trinajstić information content (AvgIpc) is 2.30. The molecule has 102 valence electrons. The zero-order valence-electron chi connectivity index (χ0n) is 12.0. The minimum Gasteiger partial charge on any atom is -0.293 e. The number of nitrogens with two attached hydrogens (primary N) is 1. The second-order valence-electron chi connectivity index (χ2n) is 4.99. The summed E-state index contributed by atoms with van der Waals surface area (Å²) >= 11 is 0. The van der Waals surface area contributed by atoms with E-state index in [2.05, 4.69) is 38.0 Å². The van der Waals surface area contributed by atoms with Crippen LogP contribution in [0.15, 0.2) is 0 Å². The van der Waals surface area contributed by atoms with Gasteiger partial charge in [0.2, 0.25) is 0 Å². The largest absolute Gasteiger partial charge is 0.293 e. The van der Waals surface area contributed by atoms with Gasteiger partial charge in [-0.2, -0.15) is 0 Å². The molecule has 0 spiro atoms. The second kappa shape index (κ2) is 8.48. The zero-order chi connectivity index (χ0) is 13.4. The Hall–Kier alpha value is -0.610. The summed E-state index contributed by atoms with van der Waals surface area (Å²) in [6, 6.07) is 0.354. The van der Waals surface area contributed by atoms with E-state index in [4.69, 9.17) is 5.84 Å². The number of carbonyl (C=O) groups is 1. The Labute approximate surface area is 106 Å². The number of hydrogen-bond donors (Lipinski definition) is 2. The maximum Gasteiger partial charge on any atom is 0.251 e. The summed E-state index contributed by atoms with van der Waals surface area (Å²) in [5.41, 5.74) is 2.29. The van der Waals surface area contributed by atoms with Crippen molar-refractivity contribution in [2.45, 2.75) is 66.0 Å². The van der Waals surface area contributed by atoms with Gasteiger partial charge in [0, 0.05) is 12.6 Å². The van der Waals surface area contributed by atoms with Crippen LogP contribution in [-0.2, 0) is 4.79 Å². The molecule has 1 amide bonds. The molecular formula is C13H29N3O. The molecule has 0 fully saturated rings. The van der Waals surface area contributed by atoms with Crippen molar-refractivity contribution < 1.29 is 4.79 Å². The molecule has 0 rings (SSSR count). The van der Waals surface area contributed by atoms with E-state index in [1.54, 1.807) is 0 Å². The van der Waals surface area contributed by atoms with Gasteiger partial charge in [-0.05, 0) is 25.2 Å². The monoisotopic (exact) mass is 243 g/mol. The second-order valence-corrected chi connectivity index (χ2v) is 4.99. The highest BCUT2D eigenvalue weighted by Gasteiger charge is 2.28. The van der Waals surface area contributed by atoms with E-state index < -0.39 is 0 Å². The molecule has 0 aromatic heterocycles. The topological polar surface area (TPSA) is 58.4 Å². The molecule has 0 heterocycles. The number of nitrogens with one attached hydrogen (secondary N) is 1. The number of amides is 1. The van der Waals surface area contributed by atoms with Gasteiger partial charge in [-0.1, -0.05) is 34.6 Å². The Morgan fingerprint density at radius 3 is 2.00 bits per heavy atom. The highest BCUT2D eigenvalue weighted by atomic mass is 16.2. The third kappa shape index (κ3) is 5.04. The van der Waals surface area contributed by atoms with Gasteiger partial charge in [0.25, 0.3) is 5.91 Å². The maximum atomic E-state index is 11.8. The van der Waals surface area contributed by atoms with Crippen molar-refractivity contribution in [3.8, 4) is 0 Å². The number of nitrogens with zero attached hydrogens (tertiary/aromatic N) is 1. The van der Waals surface area contributed by atoms with E-state index in [1.807, 2.05) is 6.92 Å². The summed E-state index contributed by atoms with van der Waals surface area (Å²) in [4.78, 5) is 14.1.